The summed E-state index contributed by atoms with van der Waals surface area (Å²) >= 11 is 0. The minimum atomic E-state index is -0.598. The third-order valence-corrected chi connectivity index (χ3v) is 3.98. The second-order valence-electron chi connectivity index (χ2n) is 6.19. The molecule has 8 nitrogen and oxygen atoms in total. The number of nitro groups is 1. The quantitative estimate of drug-likeness (QED) is 0.436. The Morgan fingerprint density at radius 2 is 1.90 bits per heavy atom. The molecule has 0 bridgehead atoms. The molecule has 1 aromatic heterocycles. The molecule has 0 saturated carbocycles. The number of hydrogen-bond donors (Lipinski definition) is 1. The zero-order valence-electron chi connectivity index (χ0n) is 16.0. The number of aryl methyl sites for hydroxylation is 1. The Hall–Kier alpha value is -3.81. The highest BCUT2D eigenvalue weighted by molar-refractivity contribution is 6.03. The molecule has 1 N–H and O–H groups in total. The molecule has 29 heavy (non-hydrogen) atoms. The van der Waals surface area contributed by atoms with Crippen LogP contribution in [0.4, 0.5) is 11.4 Å². The minimum absolute atomic E-state index is 0.0241. The average Bonchev–Trinajstić information content (AvgIpc) is 3.17. The van der Waals surface area contributed by atoms with Crippen LogP contribution in [0.15, 0.2) is 59.0 Å². The van der Waals surface area contributed by atoms with Crippen molar-refractivity contribution < 1.29 is 23.6 Å². The zero-order valence-corrected chi connectivity index (χ0v) is 16.0. The van der Waals surface area contributed by atoms with Gasteiger partial charge in [0.2, 0.25) is 0 Å². The number of carbonyl (C=O) groups excluding carboxylic acids is 1. The van der Waals surface area contributed by atoms with E-state index in [0.29, 0.717) is 23.9 Å². The Morgan fingerprint density at radius 3 is 2.62 bits per heavy atom. The van der Waals surface area contributed by atoms with Gasteiger partial charge in [-0.05, 0) is 55.8 Å². The molecule has 0 unspecified atom stereocenters. The number of nitro benzene ring substituents is 1. The number of ether oxygens (including phenoxy) is 2. The van der Waals surface area contributed by atoms with Crippen LogP contribution in [-0.2, 0) is 6.61 Å². The first-order chi connectivity index (χ1) is 14.0. The van der Waals surface area contributed by atoms with Crippen LogP contribution < -0.4 is 14.8 Å². The van der Waals surface area contributed by atoms with Gasteiger partial charge in [-0.1, -0.05) is 12.1 Å². The fourth-order valence-corrected chi connectivity index (χ4v) is 2.65. The first kappa shape index (κ1) is 19.9. The minimum Gasteiger partial charge on any atom is -0.494 e. The monoisotopic (exact) mass is 396 g/mol. The molecule has 2 aromatic carbocycles. The van der Waals surface area contributed by atoms with Crippen LogP contribution in [0.5, 0.6) is 11.5 Å². The number of amides is 1. The van der Waals surface area contributed by atoms with E-state index in [9.17, 15) is 14.9 Å². The summed E-state index contributed by atoms with van der Waals surface area (Å²) in [6.45, 7) is 4.27. The van der Waals surface area contributed by atoms with Crippen LogP contribution in [-0.4, -0.2) is 17.4 Å². The van der Waals surface area contributed by atoms with Crippen molar-refractivity contribution in [3.63, 3.8) is 0 Å². The van der Waals surface area contributed by atoms with E-state index in [1.165, 1.54) is 18.2 Å². The van der Waals surface area contributed by atoms with E-state index < -0.39 is 10.8 Å². The second-order valence-corrected chi connectivity index (χ2v) is 6.19. The molecule has 0 saturated heterocycles. The van der Waals surface area contributed by atoms with Gasteiger partial charge in [0.1, 0.15) is 29.6 Å². The number of hydrogen-bond acceptors (Lipinski definition) is 6. The highest BCUT2D eigenvalue weighted by Crippen LogP contribution is 2.29. The Labute approximate surface area is 167 Å². The number of anilines is 1. The van der Waals surface area contributed by atoms with E-state index in [1.807, 2.05) is 31.2 Å². The molecule has 1 amide bonds. The van der Waals surface area contributed by atoms with Gasteiger partial charge in [-0.2, -0.15) is 0 Å². The number of benzene rings is 2. The van der Waals surface area contributed by atoms with E-state index in [4.69, 9.17) is 13.9 Å². The Kier molecular flexibility index (Phi) is 6.13. The fraction of sp³-hybridized carbons (Fsp3) is 0.190. The summed E-state index contributed by atoms with van der Waals surface area (Å²) in [5.41, 5.74) is 0.857. The predicted molar refractivity (Wildman–Crippen MR) is 106 cm³/mol. The van der Waals surface area contributed by atoms with Crippen molar-refractivity contribution >= 4 is 17.3 Å². The molecule has 0 aliphatic rings. The van der Waals surface area contributed by atoms with Gasteiger partial charge < -0.3 is 19.2 Å². The summed E-state index contributed by atoms with van der Waals surface area (Å²) in [4.78, 5) is 23.2. The predicted octanol–water partition coefficient (Wildman–Crippen LogP) is 4.73. The molecule has 3 rings (SSSR count). The van der Waals surface area contributed by atoms with Crippen LogP contribution in [0.25, 0.3) is 0 Å². The highest BCUT2D eigenvalue weighted by atomic mass is 16.6. The normalized spacial score (nSPS) is 10.4. The summed E-state index contributed by atoms with van der Waals surface area (Å²) in [5.74, 6) is 0.927. The third kappa shape index (κ3) is 5.13. The van der Waals surface area contributed by atoms with Crippen LogP contribution in [0.1, 0.15) is 28.8 Å². The Bertz CT molecular complexity index is 1030. The van der Waals surface area contributed by atoms with Gasteiger partial charge in [0.15, 0.2) is 5.76 Å². The lowest BCUT2D eigenvalue weighted by atomic mass is 10.2. The highest BCUT2D eigenvalue weighted by Gasteiger charge is 2.20. The van der Waals surface area contributed by atoms with Gasteiger partial charge in [-0.3, -0.25) is 14.9 Å². The molecular formula is C21H20N2O6. The summed E-state index contributed by atoms with van der Waals surface area (Å²) < 4.78 is 16.4. The van der Waals surface area contributed by atoms with Gasteiger partial charge in [-0.15, -0.1) is 0 Å². The number of nitrogens with zero attached hydrogens (tertiary/aromatic N) is 1. The molecule has 1 heterocycles. The average molecular weight is 396 g/mol. The SMILES string of the molecule is CCOc1ccc(NC(=O)c2ccc(COc3cccc(C)c3)o2)c([N+](=O)[O-])c1. The van der Waals surface area contributed by atoms with Crippen LogP contribution >= 0.6 is 0 Å². The smallest absolute Gasteiger partial charge is 0.296 e. The van der Waals surface area contributed by atoms with Crippen LogP contribution in [0.2, 0.25) is 0 Å². The second kappa shape index (κ2) is 8.92. The Morgan fingerprint density at radius 1 is 1.10 bits per heavy atom. The van der Waals surface area contributed by atoms with E-state index in [1.54, 1.807) is 19.1 Å². The van der Waals surface area contributed by atoms with Crippen molar-refractivity contribution in [1.29, 1.82) is 0 Å². The summed E-state index contributed by atoms with van der Waals surface area (Å²) in [5, 5.41) is 13.8. The molecule has 8 heteroatoms. The molecule has 3 aromatic rings. The van der Waals surface area contributed by atoms with E-state index >= 15 is 0 Å². The number of nitrogens with one attached hydrogen (secondary N) is 1. The van der Waals surface area contributed by atoms with Gasteiger partial charge in [-0.25, -0.2) is 0 Å². The van der Waals surface area contributed by atoms with Gasteiger partial charge in [0.05, 0.1) is 17.6 Å². The van der Waals surface area contributed by atoms with E-state index in [-0.39, 0.29) is 23.7 Å². The maximum Gasteiger partial charge on any atom is 0.296 e. The van der Waals surface area contributed by atoms with Crippen molar-refractivity contribution in [2.24, 2.45) is 0 Å². The standard InChI is InChI=1S/C21H20N2O6/c1-3-27-16-7-9-18(19(12-16)23(25)26)22-21(24)20-10-8-17(29-20)13-28-15-6-4-5-14(2)11-15/h4-12H,3,13H2,1-2H3,(H,22,24). The largest absolute Gasteiger partial charge is 0.494 e. The maximum atomic E-state index is 12.4. The lowest BCUT2D eigenvalue weighted by Crippen LogP contribution is -2.12. The van der Waals surface area contributed by atoms with Gasteiger partial charge in [0.25, 0.3) is 11.6 Å². The summed E-state index contributed by atoms with van der Waals surface area (Å²) in [6.07, 6.45) is 0. The van der Waals surface area contributed by atoms with E-state index in [0.717, 1.165) is 5.56 Å². The Balaban J connectivity index is 1.68. The maximum absolute atomic E-state index is 12.4. The van der Waals surface area contributed by atoms with E-state index in [2.05, 4.69) is 5.32 Å². The molecule has 0 fully saturated rings. The molecule has 0 spiro atoms. The lowest BCUT2D eigenvalue weighted by molar-refractivity contribution is -0.384. The first-order valence-corrected chi connectivity index (χ1v) is 8.97. The molecule has 0 radical (unpaired) electrons. The number of furan rings is 1. The fourth-order valence-electron chi connectivity index (χ4n) is 2.65. The van der Waals surface area contributed by atoms with Crippen molar-refractivity contribution in [1.82, 2.24) is 0 Å². The van der Waals surface area contributed by atoms with Crippen molar-refractivity contribution in [3.05, 3.63) is 81.8 Å². The lowest BCUT2D eigenvalue weighted by Gasteiger charge is -2.07. The van der Waals surface area contributed by atoms with Gasteiger partial charge >= 0.3 is 0 Å². The topological polar surface area (TPSA) is 104 Å². The number of rotatable bonds is 8. The molecule has 0 atom stereocenters. The van der Waals surface area contributed by atoms with Crippen molar-refractivity contribution in [3.8, 4) is 11.5 Å². The van der Waals surface area contributed by atoms with Crippen molar-refractivity contribution in [2.45, 2.75) is 20.5 Å². The van der Waals surface area contributed by atoms with Crippen LogP contribution in [0.3, 0.4) is 0 Å². The first-order valence-electron chi connectivity index (χ1n) is 8.97. The molecule has 0 aliphatic heterocycles. The molecule has 0 aliphatic carbocycles. The molecular weight excluding hydrogens is 376 g/mol. The molecule has 150 valence electrons. The summed E-state index contributed by atoms with van der Waals surface area (Å²) in [6, 6.07) is 14.9. The number of carbonyl (C=O) groups is 1. The summed E-state index contributed by atoms with van der Waals surface area (Å²) in [7, 11) is 0. The van der Waals surface area contributed by atoms with Crippen LogP contribution in [0, 0.1) is 17.0 Å². The van der Waals surface area contributed by atoms with Gasteiger partial charge in [0, 0.05) is 0 Å². The third-order valence-electron chi connectivity index (χ3n) is 3.98. The zero-order chi connectivity index (χ0) is 20.8. The van der Waals surface area contributed by atoms with Crippen molar-refractivity contribution in [2.75, 3.05) is 11.9 Å².